The van der Waals surface area contributed by atoms with Crippen LogP contribution in [0.4, 0.5) is 0 Å². The van der Waals surface area contributed by atoms with Crippen LogP contribution in [0, 0.1) is 6.92 Å². The minimum atomic E-state index is 0.905. The molecule has 0 amide bonds. The highest BCUT2D eigenvalue weighted by molar-refractivity contribution is 5.80. The molecule has 0 fully saturated rings. The summed E-state index contributed by atoms with van der Waals surface area (Å²) < 4.78 is 0. The van der Waals surface area contributed by atoms with Gasteiger partial charge in [0.2, 0.25) is 0 Å². The third-order valence-electron chi connectivity index (χ3n) is 4.02. The molecule has 0 radical (unpaired) electrons. The maximum atomic E-state index is 4.30. The van der Waals surface area contributed by atoms with Crippen LogP contribution in [0.3, 0.4) is 0 Å². The highest BCUT2D eigenvalue weighted by Crippen LogP contribution is 2.26. The van der Waals surface area contributed by atoms with Crippen molar-refractivity contribution >= 4 is 22.2 Å². The Labute approximate surface area is 131 Å². The van der Waals surface area contributed by atoms with Crippen molar-refractivity contribution in [2.75, 3.05) is 0 Å². The van der Waals surface area contributed by atoms with Gasteiger partial charge < -0.3 is 4.98 Å². The fourth-order valence-electron chi connectivity index (χ4n) is 2.53. The molecule has 0 saturated carbocycles. The average Bonchev–Trinajstić information content (AvgIpc) is 3.00. The minimum Gasteiger partial charge on any atom is -0.345 e. The van der Waals surface area contributed by atoms with Gasteiger partial charge in [-0.15, -0.1) is 0 Å². The number of aromatic amines is 1. The third kappa shape index (κ3) is 3.01. The zero-order valence-corrected chi connectivity index (χ0v) is 12.9. The molecule has 0 aliphatic heterocycles. The van der Waals surface area contributed by atoms with Gasteiger partial charge in [-0.05, 0) is 54.2 Å². The number of fused-ring (bicyclic) bond motifs is 1. The Bertz CT molecular complexity index is 822. The fraction of sp³-hybridized carbons (Fsp3) is 0.150. The van der Waals surface area contributed by atoms with E-state index in [2.05, 4.69) is 72.5 Å². The Hall–Kier alpha value is -2.61. The van der Waals surface area contributed by atoms with Crippen LogP contribution in [0.1, 0.15) is 29.5 Å². The van der Waals surface area contributed by atoms with E-state index in [0.717, 1.165) is 40.6 Å². The van der Waals surface area contributed by atoms with E-state index < -0.39 is 0 Å². The van der Waals surface area contributed by atoms with Crippen LogP contribution < -0.4 is 0 Å². The second-order valence-corrected chi connectivity index (χ2v) is 5.71. The predicted octanol–water partition coefficient (Wildman–Crippen LogP) is 5.38. The van der Waals surface area contributed by atoms with Crippen molar-refractivity contribution < 1.29 is 0 Å². The summed E-state index contributed by atoms with van der Waals surface area (Å²) in [6.07, 6.45) is 3.54. The van der Waals surface area contributed by atoms with E-state index >= 15 is 0 Å². The van der Waals surface area contributed by atoms with Crippen LogP contribution in [0.15, 0.2) is 61.9 Å². The largest absolute Gasteiger partial charge is 0.345 e. The van der Waals surface area contributed by atoms with Gasteiger partial charge in [-0.2, -0.15) is 0 Å². The zero-order valence-electron chi connectivity index (χ0n) is 12.9. The van der Waals surface area contributed by atoms with E-state index in [1.54, 1.807) is 6.33 Å². The van der Waals surface area contributed by atoms with E-state index in [1.807, 2.05) is 0 Å². The van der Waals surface area contributed by atoms with Crippen molar-refractivity contribution in [3.63, 3.8) is 0 Å². The normalized spacial score (nSPS) is 10.8. The topological polar surface area (TPSA) is 28.7 Å². The first kappa shape index (κ1) is 14.3. The first-order chi connectivity index (χ1) is 10.6. The van der Waals surface area contributed by atoms with E-state index in [9.17, 15) is 0 Å². The van der Waals surface area contributed by atoms with Crippen LogP contribution in [0.5, 0.6) is 0 Å². The van der Waals surface area contributed by atoms with Gasteiger partial charge in [-0.3, -0.25) is 0 Å². The fourth-order valence-corrected chi connectivity index (χ4v) is 2.53. The standard InChI is InChI=1S/C20H20N2/c1-14-4-8-17(9-5-14)15(2)6-7-16(3)18-10-11-19-20(12-18)22-13-21-19/h4-5,8-13H,2-3,6-7H2,1H3,(H,21,22). The van der Waals surface area contributed by atoms with Gasteiger partial charge in [0.1, 0.15) is 0 Å². The number of aromatic nitrogens is 2. The number of rotatable bonds is 5. The van der Waals surface area contributed by atoms with Gasteiger partial charge in [-0.1, -0.05) is 49.1 Å². The number of nitrogens with one attached hydrogen (secondary N) is 1. The molecule has 1 aromatic heterocycles. The number of H-pyrrole nitrogens is 1. The van der Waals surface area contributed by atoms with E-state index in [1.165, 1.54) is 11.1 Å². The molecule has 22 heavy (non-hydrogen) atoms. The van der Waals surface area contributed by atoms with Crippen LogP contribution in [-0.2, 0) is 0 Å². The SMILES string of the molecule is C=C(CCC(=C)c1ccc2[nH]cnc2c1)c1ccc(C)cc1. The van der Waals surface area contributed by atoms with Crippen molar-refractivity contribution in [3.8, 4) is 0 Å². The molecular weight excluding hydrogens is 268 g/mol. The summed E-state index contributed by atoms with van der Waals surface area (Å²) in [4.78, 5) is 7.41. The Morgan fingerprint density at radius 2 is 1.59 bits per heavy atom. The van der Waals surface area contributed by atoms with Crippen molar-refractivity contribution in [2.24, 2.45) is 0 Å². The Morgan fingerprint density at radius 1 is 0.955 bits per heavy atom. The predicted molar refractivity (Wildman–Crippen MR) is 94.6 cm³/mol. The molecule has 3 aromatic rings. The van der Waals surface area contributed by atoms with Crippen molar-refractivity contribution in [1.29, 1.82) is 0 Å². The lowest BCUT2D eigenvalue weighted by atomic mass is 9.96. The maximum absolute atomic E-state index is 4.30. The van der Waals surface area contributed by atoms with Gasteiger partial charge in [0, 0.05) is 0 Å². The van der Waals surface area contributed by atoms with Crippen molar-refractivity contribution in [1.82, 2.24) is 9.97 Å². The summed E-state index contributed by atoms with van der Waals surface area (Å²) >= 11 is 0. The third-order valence-corrected chi connectivity index (χ3v) is 4.02. The molecule has 3 rings (SSSR count). The molecule has 1 heterocycles. The van der Waals surface area contributed by atoms with Gasteiger partial charge in [0.05, 0.1) is 17.4 Å². The number of allylic oxidation sites excluding steroid dienone is 2. The molecular formula is C20H20N2. The van der Waals surface area contributed by atoms with Gasteiger partial charge >= 0.3 is 0 Å². The summed E-state index contributed by atoms with van der Waals surface area (Å²) in [5.74, 6) is 0. The summed E-state index contributed by atoms with van der Waals surface area (Å²) in [5.41, 5.74) is 7.95. The molecule has 2 heteroatoms. The molecule has 1 N–H and O–H groups in total. The maximum Gasteiger partial charge on any atom is 0.0931 e. The van der Waals surface area contributed by atoms with Crippen LogP contribution >= 0.6 is 0 Å². The molecule has 0 bridgehead atoms. The summed E-state index contributed by atoms with van der Waals surface area (Å²) in [7, 11) is 0. The molecule has 110 valence electrons. The van der Waals surface area contributed by atoms with Gasteiger partial charge in [-0.25, -0.2) is 4.98 Å². The van der Waals surface area contributed by atoms with E-state index in [-0.39, 0.29) is 0 Å². The lowest BCUT2D eigenvalue weighted by molar-refractivity contribution is 1.09. The minimum absolute atomic E-state index is 0.905. The Morgan fingerprint density at radius 3 is 2.32 bits per heavy atom. The quantitative estimate of drug-likeness (QED) is 0.671. The number of hydrogen-bond donors (Lipinski definition) is 1. The van der Waals surface area contributed by atoms with Crippen molar-refractivity contribution in [3.05, 3.63) is 78.6 Å². The lowest BCUT2D eigenvalue weighted by Gasteiger charge is -2.09. The summed E-state index contributed by atoms with van der Waals surface area (Å²) in [5, 5.41) is 0. The molecule has 0 saturated heterocycles. The molecule has 0 unspecified atom stereocenters. The average molecular weight is 288 g/mol. The number of imidazole rings is 1. The van der Waals surface area contributed by atoms with Gasteiger partial charge in [0.25, 0.3) is 0 Å². The zero-order chi connectivity index (χ0) is 15.5. The molecule has 0 spiro atoms. The summed E-state index contributed by atoms with van der Waals surface area (Å²) in [6.45, 7) is 10.5. The number of aryl methyl sites for hydroxylation is 1. The second kappa shape index (κ2) is 6.02. The van der Waals surface area contributed by atoms with E-state index in [0.29, 0.717) is 0 Å². The number of nitrogens with zero attached hydrogens (tertiary/aromatic N) is 1. The molecule has 2 nitrogen and oxygen atoms in total. The van der Waals surface area contributed by atoms with E-state index in [4.69, 9.17) is 0 Å². The number of benzene rings is 2. The molecule has 0 aliphatic rings. The Kier molecular flexibility index (Phi) is 3.92. The highest BCUT2D eigenvalue weighted by atomic mass is 14.9. The van der Waals surface area contributed by atoms with Crippen LogP contribution in [0.25, 0.3) is 22.2 Å². The molecule has 0 aliphatic carbocycles. The van der Waals surface area contributed by atoms with Crippen LogP contribution in [-0.4, -0.2) is 9.97 Å². The van der Waals surface area contributed by atoms with Crippen molar-refractivity contribution in [2.45, 2.75) is 19.8 Å². The monoisotopic (exact) mass is 288 g/mol. The first-order valence-electron chi connectivity index (χ1n) is 7.49. The summed E-state index contributed by atoms with van der Waals surface area (Å²) in [6, 6.07) is 14.8. The Balaban J connectivity index is 1.66. The van der Waals surface area contributed by atoms with Crippen LogP contribution in [0.2, 0.25) is 0 Å². The molecule has 2 aromatic carbocycles. The smallest absolute Gasteiger partial charge is 0.0931 e. The van der Waals surface area contributed by atoms with Gasteiger partial charge in [0.15, 0.2) is 0 Å². The lowest BCUT2D eigenvalue weighted by Crippen LogP contribution is -1.88. The first-order valence-corrected chi connectivity index (χ1v) is 7.49. The second-order valence-electron chi connectivity index (χ2n) is 5.71. The molecule has 0 atom stereocenters. The highest BCUT2D eigenvalue weighted by Gasteiger charge is 2.05. The number of hydrogen-bond acceptors (Lipinski definition) is 1.